The molecule has 3 heterocycles. The fourth-order valence-corrected chi connectivity index (χ4v) is 5.28. The molecule has 9 heteroatoms. The summed E-state index contributed by atoms with van der Waals surface area (Å²) in [6, 6.07) is 17.3. The number of hydrogen-bond donors (Lipinski definition) is 2. The molecule has 5 rings (SSSR count). The summed E-state index contributed by atoms with van der Waals surface area (Å²) in [5, 5.41) is 16.2. The van der Waals surface area contributed by atoms with Crippen LogP contribution >= 0.6 is 22.9 Å². The number of anilines is 1. The minimum absolute atomic E-state index is 0.227. The topological polar surface area (TPSA) is 84.2 Å². The predicted octanol–water partition coefficient (Wildman–Crippen LogP) is 5.53. The van der Waals surface area contributed by atoms with E-state index >= 15 is 0 Å². The van der Waals surface area contributed by atoms with E-state index in [1.54, 1.807) is 11.3 Å². The Morgan fingerprint density at radius 1 is 1.12 bits per heavy atom. The van der Waals surface area contributed by atoms with Gasteiger partial charge in [-0.25, -0.2) is 4.79 Å². The van der Waals surface area contributed by atoms with Crippen molar-refractivity contribution in [1.82, 2.24) is 20.1 Å². The van der Waals surface area contributed by atoms with Gasteiger partial charge in [-0.05, 0) is 43.2 Å². The Morgan fingerprint density at radius 2 is 1.97 bits per heavy atom. The van der Waals surface area contributed by atoms with Crippen LogP contribution in [0.3, 0.4) is 0 Å². The molecule has 2 N–H and O–H groups in total. The monoisotopic (exact) mass is 490 g/mol. The highest BCUT2D eigenvalue weighted by Gasteiger charge is 2.26. The second-order valence-corrected chi connectivity index (χ2v) is 9.50. The van der Waals surface area contributed by atoms with Gasteiger partial charge in [-0.3, -0.25) is 9.56 Å². The summed E-state index contributed by atoms with van der Waals surface area (Å²) in [5.74, 6) is 1.37. The van der Waals surface area contributed by atoms with Gasteiger partial charge in [0, 0.05) is 26.7 Å². The van der Waals surface area contributed by atoms with Crippen LogP contribution in [0.4, 0.5) is 10.5 Å². The van der Waals surface area contributed by atoms with Crippen LogP contribution in [0.1, 0.15) is 40.1 Å². The number of rotatable bonds is 5. The van der Waals surface area contributed by atoms with Crippen molar-refractivity contribution in [2.75, 3.05) is 5.32 Å². The van der Waals surface area contributed by atoms with Crippen LogP contribution in [0.15, 0.2) is 59.6 Å². The molecular formula is C25H23ClN6OS. The van der Waals surface area contributed by atoms with Crippen LogP contribution in [0.2, 0.25) is 5.02 Å². The molecule has 0 unspecified atom stereocenters. The molecule has 0 bridgehead atoms. The number of nitrogens with zero attached hydrogens (tertiary/aromatic N) is 4. The van der Waals surface area contributed by atoms with Crippen LogP contribution in [-0.4, -0.2) is 26.5 Å². The van der Waals surface area contributed by atoms with Crippen molar-refractivity contribution in [3.8, 4) is 5.00 Å². The second-order valence-electron chi connectivity index (χ2n) is 7.97. The van der Waals surface area contributed by atoms with Gasteiger partial charge in [0.1, 0.15) is 11.5 Å². The van der Waals surface area contributed by atoms with E-state index in [1.165, 1.54) is 4.88 Å². The molecule has 2 aromatic heterocycles. The molecule has 2 amide bonds. The van der Waals surface area contributed by atoms with Crippen molar-refractivity contribution in [3.63, 3.8) is 0 Å². The van der Waals surface area contributed by atoms with E-state index in [2.05, 4.69) is 33.8 Å². The average molecular weight is 491 g/mol. The fraction of sp³-hybridized carbons (Fsp3) is 0.200. The van der Waals surface area contributed by atoms with E-state index < -0.39 is 0 Å². The molecule has 1 aliphatic rings. The van der Waals surface area contributed by atoms with Gasteiger partial charge in [0.25, 0.3) is 0 Å². The van der Waals surface area contributed by atoms with Gasteiger partial charge in [-0.1, -0.05) is 48.9 Å². The van der Waals surface area contributed by atoms with Crippen LogP contribution < -0.4 is 10.6 Å². The second kappa shape index (κ2) is 9.40. The lowest BCUT2D eigenvalue weighted by Crippen LogP contribution is -2.29. The Kier molecular flexibility index (Phi) is 6.17. The highest BCUT2D eigenvalue weighted by Crippen LogP contribution is 2.34. The zero-order valence-corrected chi connectivity index (χ0v) is 20.4. The van der Waals surface area contributed by atoms with Gasteiger partial charge in [0.05, 0.1) is 12.3 Å². The van der Waals surface area contributed by atoms with Crippen LogP contribution in [0, 0.1) is 6.92 Å². The number of carbonyl (C=O) groups is 1. The number of hydrogen-bond acceptors (Lipinski definition) is 5. The molecule has 0 radical (unpaired) electrons. The Balaban J connectivity index is 1.45. The normalized spacial score (nSPS) is 12.4. The first-order chi connectivity index (χ1) is 16.5. The quantitative estimate of drug-likeness (QED) is 0.386. The fourth-order valence-electron chi connectivity index (χ4n) is 3.92. The highest BCUT2D eigenvalue weighted by molar-refractivity contribution is 7.15. The third kappa shape index (κ3) is 4.34. The molecule has 4 aromatic rings. The number of nitrogens with one attached hydrogen (secondary N) is 2. The van der Waals surface area contributed by atoms with E-state index in [0.29, 0.717) is 17.4 Å². The maximum atomic E-state index is 12.5. The zero-order chi connectivity index (χ0) is 23.7. The Labute approximate surface area is 206 Å². The van der Waals surface area contributed by atoms with E-state index in [0.717, 1.165) is 45.3 Å². The molecule has 0 fully saturated rings. The Bertz CT molecular complexity index is 1410. The first kappa shape index (κ1) is 22.3. The molecule has 0 atom stereocenters. The first-order valence-electron chi connectivity index (χ1n) is 11.0. The maximum absolute atomic E-state index is 12.5. The van der Waals surface area contributed by atoms with Crippen LogP contribution in [-0.2, 0) is 19.5 Å². The number of halogens is 1. The van der Waals surface area contributed by atoms with Crippen molar-refractivity contribution >= 4 is 40.4 Å². The third-order valence-electron chi connectivity index (χ3n) is 5.56. The lowest BCUT2D eigenvalue weighted by molar-refractivity contribution is 0.251. The molecular weight excluding hydrogens is 468 g/mol. The van der Waals surface area contributed by atoms with E-state index in [1.807, 2.05) is 60.0 Å². The minimum atomic E-state index is -0.301. The Morgan fingerprint density at radius 3 is 2.76 bits per heavy atom. The number of benzene rings is 2. The number of thiophene rings is 1. The molecule has 172 valence electrons. The molecule has 0 aliphatic carbocycles. The number of carbonyl (C=O) groups excluding carboxylic acids is 1. The van der Waals surface area contributed by atoms with Crippen LogP contribution in [0.25, 0.3) is 5.00 Å². The lowest BCUT2D eigenvalue weighted by Gasteiger charge is -2.11. The van der Waals surface area contributed by atoms with Gasteiger partial charge in [0.2, 0.25) is 0 Å². The van der Waals surface area contributed by atoms with Crippen LogP contribution in [0.5, 0.6) is 0 Å². The van der Waals surface area contributed by atoms with Crippen molar-refractivity contribution < 1.29 is 4.79 Å². The predicted molar refractivity (Wildman–Crippen MR) is 136 cm³/mol. The molecule has 0 spiro atoms. The molecule has 7 nitrogen and oxygen atoms in total. The third-order valence-corrected chi connectivity index (χ3v) is 7.15. The summed E-state index contributed by atoms with van der Waals surface area (Å²) in [4.78, 5) is 18.6. The standard InChI is InChI=1S/C25H23ClN6OS/c1-3-17-12-19-23(18-9-4-5-10-20(18)26)27-13-21-30-31-22(32(21)24(19)34-17)14-28-25(33)29-16-8-6-7-15(2)11-16/h4-12H,3,13-14H2,1-2H3,(H2,28,29,33). The number of aliphatic imine (C=N–C) groups is 1. The van der Waals surface area contributed by atoms with E-state index in [-0.39, 0.29) is 12.6 Å². The highest BCUT2D eigenvalue weighted by atomic mass is 35.5. The summed E-state index contributed by atoms with van der Waals surface area (Å²) in [6.07, 6.45) is 0.900. The molecule has 1 aliphatic heterocycles. The zero-order valence-electron chi connectivity index (χ0n) is 18.8. The van der Waals surface area contributed by atoms with Crippen molar-refractivity contribution in [3.05, 3.63) is 92.8 Å². The summed E-state index contributed by atoms with van der Waals surface area (Å²) in [6.45, 7) is 4.70. The van der Waals surface area contributed by atoms with Crippen molar-refractivity contribution in [1.29, 1.82) is 0 Å². The largest absolute Gasteiger partial charge is 0.331 e. The summed E-state index contributed by atoms with van der Waals surface area (Å²) >= 11 is 8.21. The van der Waals surface area contributed by atoms with E-state index in [4.69, 9.17) is 16.6 Å². The summed E-state index contributed by atoms with van der Waals surface area (Å²) in [7, 11) is 0. The van der Waals surface area contributed by atoms with Crippen molar-refractivity contribution in [2.45, 2.75) is 33.4 Å². The minimum Gasteiger partial charge on any atom is -0.331 e. The van der Waals surface area contributed by atoms with Gasteiger partial charge in [0.15, 0.2) is 11.6 Å². The van der Waals surface area contributed by atoms with Gasteiger partial charge >= 0.3 is 6.03 Å². The molecule has 0 saturated heterocycles. The summed E-state index contributed by atoms with van der Waals surface area (Å²) in [5.41, 5.74) is 4.55. The Hall–Kier alpha value is -3.49. The van der Waals surface area contributed by atoms with Gasteiger partial charge < -0.3 is 10.6 Å². The SMILES string of the molecule is CCc1cc2c(s1)-n1c(nnc1CNC(=O)Nc1cccc(C)c1)CN=C2c1ccccc1Cl. The van der Waals surface area contributed by atoms with Crippen molar-refractivity contribution in [2.24, 2.45) is 4.99 Å². The number of urea groups is 1. The number of amides is 2. The molecule has 2 aromatic carbocycles. The summed E-state index contributed by atoms with van der Waals surface area (Å²) < 4.78 is 2.01. The van der Waals surface area contributed by atoms with Gasteiger partial charge in [-0.2, -0.15) is 0 Å². The average Bonchev–Trinajstić information content (AvgIpc) is 3.39. The first-order valence-corrected chi connectivity index (χ1v) is 12.2. The number of aromatic nitrogens is 3. The van der Waals surface area contributed by atoms with Gasteiger partial charge in [-0.15, -0.1) is 21.5 Å². The smallest absolute Gasteiger partial charge is 0.319 e. The van der Waals surface area contributed by atoms with E-state index in [9.17, 15) is 4.79 Å². The number of fused-ring (bicyclic) bond motifs is 3. The lowest BCUT2D eigenvalue weighted by atomic mass is 10.0. The molecule has 34 heavy (non-hydrogen) atoms. The number of aryl methyl sites for hydroxylation is 2. The molecule has 0 saturated carbocycles. The maximum Gasteiger partial charge on any atom is 0.319 e.